The lowest BCUT2D eigenvalue weighted by atomic mass is 9.96. The van der Waals surface area contributed by atoms with Gasteiger partial charge in [0, 0.05) is 17.6 Å². The van der Waals surface area contributed by atoms with Crippen molar-refractivity contribution < 1.29 is 18.0 Å². The number of benzene rings is 2. The van der Waals surface area contributed by atoms with Gasteiger partial charge in [-0.25, -0.2) is 0 Å². The first-order valence-electron chi connectivity index (χ1n) is 10.2. The molecule has 6 heteroatoms. The summed E-state index contributed by atoms with van der Waals surface area (Å²) < 4.78 is 39.8. The summed E-state index contributed by atoms with van der Waals surface area (Å²) in [6.45, 7) is 2.12. The van der Waals surface area contributed by atoms with E-state index in [1.165, 1.54) is 18.9 Å². The van der Waals surface area contributed by atoms with Crippen LogP contribution in [0.4, 0.5) is 13.2 Å². The molecule has 1 heterocycles. The molecule has 2 atom stereocenters. The quantitative estimate of drug-likeness (QED) is 0.770. The zero-order chi connectivity index (χ0) is 20.4. The predicted molar refractivity (Wildman–Crippen MR) is 107 cm³/mol. The molecule has 29 heavy (non-hydrogen) atoms. The molecular formula is C23H25F3N2O. The van der Waals surface area contributed by atoms with Gasteiger partial charge in [-0.1, -0.05) is 30.3 Å². The molecule has 0 spiro atoms. The summed E-state index contributed by atoms with van der Waals surface area (Å²) in [5.74, 6) is -0.298. The van der Waals surface area contributed by atoms with Crippen molar-refractivity contribution in [2.75, 3.05) is 13.1 Å². The Hall–Kier alpha value is -2.34. The maximum Gasteiger partial charge on any atom is 0.416 e. The minimum atomic E-state index is -4.45. The van der Waals surface area contributed by atoms with Crippen LogP contribution in [0.2, 0.25) is 0 Å². The number of rotatable bonds is 4. The Bertz CT molecular complexity index is 860. The summed E-state index contributed by atoms with van der Waals surface area (Å²) in [6, 6.07) is 12.5. The fourth-order valence-corrected chi connectivity index (χ4v) is 4.64. The molecule has 1 aliphatic carbocycles. The zero-order valence-corrected chi connectivity index (χ0v) is 16.2. The molecule has 4 rings (SSSR count). The molecule has 0 aromatic heterocycles. The van der Waals surface area contributed by atoms with Crippen molar-refractivity contribution in [3.8, 4) is 11.1 Å². The number of hydrogen-bond donors (Lipinski definition) is 1. The molecule has 1 saturated carbocycles. The number of nitrogens with one attached hydrogen (secondary N) is 1. The second kappa shape index (κ2) is 8.19. The number of carbonyl (C=O) groups excluding carboxylic acids is 1. The van der Waals surface area contributed by atoms with Gasteiger partial charge in [-0.3, -0.25) is 9.69 Å². The van der Waals surface area contributed by atoms with Crippen LogP contribution in [-0.2, 0) is 6.18 Å². The van der Waals surface area contributed by atoms with Crippen LogP contribution in [-0.4, -0.2) is 36.0 Å². The summed E-state index contributed by atoms with van der Waals surface area (Å²) in [5, 5.41) is 3.13. The van der Waals surface area contributed by atoms with Crippen LogP contribution in [0.5, 0.6) is 0 Å². The van der Waals surface area contributed by atoms with E-state index in [2.05, 4.69) is 10.2 Å². The first-order valence-corrected chi connectivity index (χ1v) is 10.2. The summed E-state index contributed by atoms with van der Waals surface area (Å²) in [4.78, 5) is 15.6. The molecule has 1 amide bonds. The molecule has 154 valence electrons. The van der Waals surface area contributed by atoms with Crippen LogP contribution in [0, 0.1) is 0 Å². The van der Waals surface area contributed by atoms with E-state index in [9.17, 15) is 18.0 Å². The molecule has 2 aliphatic rings. The van der Waals surface area contributed by atoms with Crippen LogP contribution in [0.1, 0.15) is 48.0 Å². The van der Waals surface area contributed by atoms with Gasteiger partial charge in [0.25, 0.3) is 5.91 Å². The smallest absolute Gasteiger partial charge is 0.348 e. The third-order valence-electron chi connectivity index (χ3n) is 6.08. The van der Waals surface area contributed by atoms with Gasteiger partial charge in [0.1, 0.15) is 0 Å². The van der Waals surface area contributed by atoms with Crippen molar-refractivity contribution in [3.05, 3.63) is 59.7 Å². The molecule has 1 N–H and O–H groups in total. The van der Waals surface area contributed by atoms with Crippen molar-refractivity contribution in [2.24, 2.45) is 0 Å². The van der Waals surface area contributed by atoms with E-state index in [1.807, 2.05) is 0 Å². The SMILES string of the molecule is O=C(N[C@H]1CCC[C@H]1N1CCCC1)c1ccc(C(F)(F)F)cc1-c1ccccc1. The van der Waals surface area contributed by atoms with Crippen LogP contribution in [0.15, 0.2) is 48.5 Å². The first-order chi connectivity index (χ1) is 13.9. The maximum atomic E-state index is 13.3. The fourth-order valence-electron chi connectivity index (χ4n) is 4.64. The van der Waals surface area contributed by atoms with Crippen molar-refractivity contribution in [2.45, 2.75) is 50.4 Å². The molecule has 1 saturated heterocycles. The van der Waals surface area contributed by atoms with Gasteiger partial charge in [0.2, 0.25) is 0 Å². The van der Waals surface area contributed by atoms with E-state index >= 15 is 0 Å². The molecule has 1 aliphatic heterocycles. The number of alkyl halides is 3. The first kappa shape index (κ1) is 20.0. The highest BCUT2D eigenvalue weighted by atomic mass is 19.4. The van der Waals surface area contributed by atoms with Crippen LogP contribution >= 0.6 is 0 Å². The topological polar surface area (TPSA) is 32.3 Å². The van der Waals surface area contributed by atoms with Gasteiger partial charge in [0.15, 0.2) is 0 Å². The lowest BCUT2D eigenvalue weighted by Crippen LogP contribution is -2.47. The van der Waals surface area contributed by atoms with Gasteiger partial charge in [-0.15, -0.1) is 0 Å². The highest BCUT2D eigenvalue weighted by Gasteiger charge is 2.35. The highest BCUT2D eigenvalue weighted by molar-refractivity contribution is 6.01. The Kier molecular flexibility index (Phi) is 5.63. The van der Waals surface area contributed by atoms with Crippen molar-refractivity contribution in [3.63, 3.8) is 0 Å². The number of nitrogens with zero attached hydrogens (tertiary/aromatic N) is 1. The lowest BCUT2D eigenvalue weighted by Gasteiger charge is -2.30. The monoisotopic (exact) mass is 402 g/mol. The van der Waals surface area contributed by atoms with E-state index in [0.29, 0.717) is 17.2 Å². The molecule has 2 fully saturated rings. The van der Waals surface area contributed by atoms with E-state index in [0.717, 1.165) is 44.5 Å². The van der Waals surface area contributed by atoms with E-state index in [4.69, 9.17) is 0 Å². The number of halogens is 3. The van der Waals surface area contributed by atoms with Crippen LogP contribution in [0.3, 0.4) is 0 Å². The van der Waals surface area contributed by atoms with Crippen LogP contribution in [0.25, 0.3) is 11.1 Å². The standard InChI is InChI=1S/C23H25F3N2O/c24-23(25,26)17-11-12-18(19(15-17)16-7-2-1-3-8-16)22(29)27-20-9-6-10-21(20)28-13-4-5-14-28/h1-3,7-8,11-12,15,20-21H,4-6,9-10,13-14H2,(H,27,29)/t20-,21+/m0/s1. The van der Waals surface area contributed by atoms with E-state index < -0.39 is 11.7 Å². The molecule has 2 aromatic rings. The summed E-state index contributed by atoms with van der Waals surface area (Å²) in [7, 11) is 0. The highest BCUT2D eigenvalue weighted by Crippen LogP contribution is 2.34. The fraction of sp³-hybridized carbons (Fsp3) is 0.435. The Balaban J connectivity index is 1.62. The van der Waals surface area contributed by atoms with Crippen molar-refractivity contribution >= 4 is 5.91 Å². The second-order valence-corrected chi connectivity index (χ2v) is 7.95. The molecule has 0 bridgehead atoms. The Morgan fingerprint density at radius 3 is 2.38 bits per heavy atom. The van der Waals surface area contributed by atoms with Gasteiger partial charge in [-0.05, 0) is 74.5 Å². The lowest BCUT2D eigenvalue weighted by molar-refractivity contribution is -0.137. The van der Waals surface area contributed by atoms with Crippen molar-refractivity contribution in [1.29, 1.82) is 0 Å². The van der Waals surface area contributed by atoms with E-state index in [-0.39, 0.29) is 17.5 Å². The van der Waals surface area contributed by atoms with Gasteiger partial charge in [0.05, 0.1) is 5.56 Å². The minimum absolute atomic E-state index is 0.0477. The van der Waals surface area contributed by atoms with E-state index in [1.54, 1.807) is 30.3 Å². The van der Waals surface area contributed by atoms with Gasteiger partial charge >= 0.3 is 6.18 Å². The Labute approximate surface area is 168 Å². The normalized spacial score (nSPS) is 22.7. The summed E-state index contributed by atoms with van der Waals surface area (Å²) in [5.41, 5.74) is 0.458. The third kappa shape index (κ3) is 4.32. The van der Waals surface area contributed by atoms with Crippen LogP contribution < -0.4 is 5.32 Å². The largest absolute Gasteiger partial charge is 0.416 e. The van der Waals surface area contributed by atoms with Gasteiger partial charge in [-0.2, -0.15) is 13.2 Å². The Morgan fingerprint density at radius 1 is 0.966 bits per heavy atom. The maximum absolute atomic E-state index is 13.3. The number of hydrogen-bond acceptors (Lipinski definition) is 2. The molecule has 0 unspecified atom stereocenters. The molecule has 2 aromatic carbocycles. The number of likely N-dealkylation sites (tertiary alicyclic amines) is 1. The predicted octanol–water partition coefficient (Wildman–Crippen LogP) is 5.12. The average Bonchev–Trinajstić information content (AvgIpc) is 3.39. The second-order valence-electron chi connectivity index (χ2n) is 7.95. The molecule has 3 nitrogen and oxygen atoms in total. The number of amides is 1. The number of carbonyl (C=O) groups is 1. The van der Waals surface area contributed by atoms with Gasteiger partial charge < -0.3 is 5.32 Å². The molecular weight excluding hydrogens is 377 g/mol. The summed E-state index contributed by atoms with van der Waals surface area (Å²) in [6.07, 6.45) is 0.954. The minimum Gasteiger partial charge on any atom is -0.348 e. The zero-order valence-electron chi connectivity index (χ0n) is 16.2. The van der Waals surface area contributed by atoms with Crippen molar-refractivity contribution in [1.82, 2.24) is 10.2 Å². The third-order valence-corrected chi connectivity index (χ3v) is 6.08. The average molecular weight is 402 g/mol. The molecule has 0 radical (unpaired) electrons. The Morgan fingerprint density at radius 2 is 1.69 bits per heavy atom. The summed E-state index contributed by atoms with van der Waals surface area (Å²) >= 11 is 0.